The van der Waals surface area contributed by atoms with Crippen LogP contribution in [0.5, 0.6) is 0 Å². The van der Waals surface area contributed by atoms with Crippen molar-refractivity contribution in [1.82, 2.24) is 14.5 Å². The van der Waals surface area contributed by atoms with Gasteiger partial charge < -0.3 is 9.73 Å². The molecule has 0 spiro atoms. The highest BCUT2D eigenvalue weighted by Crippen LogP contribution is 2.24. The Bertz CT molecular complexity index is 579. The number of hydrogen-bond acceptors (Lipinski definition) is 5. The first-order valence-corrected chi connectivity index (χ1v) is 9.18. The molecule has 1 aliphatic heterocycles. The summed E-state index contributed by atoms with van der Waals surface area (Å²) in [5.41, 5.74) is 0. The summed E-state index contributed by atoms with van der Waals surface area (Å²) >= 11 is 0. The molecule has 0 unspecified atom stereocenters. The summed E-state index contributed by atoms with van der Waals surface area (Å²) in [6, 6.07) is 3.72. The number of carbonyl (C=O) groups excluding carboxylic acids is 1. The number of sulfonamides is 1. The third-order valence-corrected chi connectivity index (χ3v) is 5.14. The Balaban J connectivity index is 1.92. The predicted octanol–water partition coefficient (Wildman–Crippen LogP) is 0.424. The van der Waals surface area contributed by atoms with Crippen LogP contribution in [0.1, 0.15) is 24.6 Å². The van der Waals surface area contributed by atoms with Gasteiger partial charge in [-0.05, 0) is 38.1 Å². The summed E-state index contributed by atoms with van der Waals surface area (Å²) in [4.78, 5) is 14.2. The number of amides is 1. The molecule has 1 aromatic heterocycles. The molecule has 0 aliphatic carbocycles. The molecule has 7 nitrogen and oxygen atoms in total. The fourth-order valence-electron chi connectivity index (χ4n) is 2.53. The third kappa shape index (κ3) is 4.56. The number of likely N-dealkylation sites (tertiary alicyclic amines) is 1. The SMILES string of the molecule is CN(CC(=O)NC[C@H](c1ccco1)N1CCCC1)S(C)(=O)=O. The van der Waals surface area contributed by atoms with E-state index in [1.807, 2.05) is 12.1 Å². The van der Waals surface area contributed by atoms with E-state index in [1.165, 1.54) is 7.05 Å². The van der Waals surface area contributed by atoms with E-state index >= 15 is 0 Å². The zero-order chi connectivity index (χ0) is 16.2. The minimum Gasteiger partial charge on any atom is -0.468 e. The van der Waals surface area contributed by atoms with Crippen molar-refractivity contribution >= 4 is 15.9 Å². The van der Waals surface area contributed by atoms with Gasteiger partial charge in [-0.2, -0.15) is 4.31 Å². The first-order valence-electron chi connectivity index (χ1n) is 7.33. The van der Waals surface area contributed by atoms with Gasteiger partial charge in [0.15, 0.2) is 0 Å². The van der Waals surface area contributed by atoms with Crippen molar-refractivity contribution in [3.8, 4) is 0 Å². The molecule has 2 rings (SSSR count). The van der Waals surface area contributed by atoms with Gasteiger partial charge in [0, 0.05) is 13.6 Å². The lowest BCUT2D eigenvalue weighted by atomic mass is 10.2. The van der Waals surface area contributed by atoms with Gasteiger partial charge in [0.05, 0.1) is 25.1 Å². The van der Waals surface area contributed by atoms with Crippen LogP contribution in [0.3, 0.4) is 0 Å². The third-order valence-electron chi connectivity index (χ3n) is 3.88. The van der Waals surface area contributed by atoms with Gasteiger partial charge in [0.25, 0.3) is 0 Å². The van der Waals surface area contributed by atoms with Crippen molar-refractivity contribution in [2.24, 2.45) is 0 Å². The molecular formula is C14H23N3O4S. The van der Waals surface area contributed by atoms with Crippen LogP contribution in [-0.2, 0) is 14.8 Å². The van der Waals surface area contributed by atoms with Gasteiger partial charge in [-0.15, -0.1) is 0 Å². The van der Waals surface area contributed by atoms with Crippen LogP contribution in [0.4, 0.5) is 0 Å². The molecule has 22 heavy (non-hydrogen) atoms. The minimum atomic E-state index is -3.35. The summed E-state index contributed by atoms with van der Waals surface area (Å²) in [5, 5.41) is 2.80. The van der Waals surface area contributed by atoms with Crippen molar-refractivity contribution in [1.29, 1.82) is 0 Å². The molecule has 1 aliphatic rings. The molecule has 0 bridgehead atoms. The normalized spacial score (nSPS) is 17.8. The second-order valence-corrected chi connectivity index (χ2v) is 7.69. The van der Waals surface area contributed by atoms with Crippen LogP contribution < -0.4 is 5.32 Å². The van der Waals surface area contributed by atoms with E-state index in [2.05, 4.69) is 10.2 Å². The maximum atomic E-state index is 11.9. The number of nitrogens with zero attached hydrogens (tertiary/aromatic N) is 2. The summed E-state index contributed by atoms with van der Waals surface area (Å²) in [6.45, 7) is 2.18. The number of furan rings is 1. The van der Waals surface area contributed by atoms with Crippen LogP contribution in [0.15, 0.2) is 22.8 Å². The molecule has 124 valence electrons. The Labute approximate surface area is 131 Å². The Morgan fingerprint density at radius 1 is 1.45 bits per heavy atom. The fourth-order valence-corrected chi connectivity index (χ4v) is 2.88. The Morgan fingerprint density at radius 3 is 2.68 bits per heavy atom. The number of hydrogen-bond donors (Lipinski definition) is 1. The summed E-state index contributed by atoms with van der Waals surface area (Å²) < 4.78 is 29.2. The first-order chi connectivity index (χ1) is 10.4. The topological polar surface area (TPSA) is 82.9 Å². The van der Waals surface area contributed by atoms with E-state index in [1.54, 1.807) is 6.26 Å². The van der Waals surface area contributed by atoms with E-state index in [-0.39, 0.29) is 18.5 Å². The van der Waals surface area contributed by atoms with E-state index in [4.69, 9.17) is 4.42 Å². The van der Waals surface area contributed by atoms with E-state index < -0.39 is 10.0 Å². The molecule has 1 aromatic rings. The first kappa shape index (κ1) is 17.0. The quantitative estimate of drug-likeness (QED) is 0.784. The summed E-state index contributed by atoms with van der Waals surface area (Å²) in [6.07, 6.45) is 4.98. The number of likely N-dealkylation sites (N-methyl/N-ethyl adjacent to an activating group) is 1. The van der Waals surface area contributed by atoms with Crippen LogP contribution >= 0.6 is 0 Å². The molecule has 8 heteroatoms. The van der Waals surface area contributed by atoms with E-state index in [0.29, 0.717) is 6.54 Å². The number of carbonyl (C=O) groups is 1. The van der Waals surface area contributed by atoms with Crippen molar-refractivity contribution in [3.63, 3.8) is 0 Å². The molecule has 0 aromatic carbocycles. The minimum absolute atomic E-state index is 0.00927. The average Bonchev–Trinajstić information content (AvgIpc) is 3.10. The standard InChI is InChI=1S/C14H23N3O4S/c1-16(22(2,19)20)11-14(18)15-10-12(13-6-5-9-21-13)17-7-3-4-8-17/h5-6,9,12H,3-4,7-8,10-11H2,1-2H3,(H,15,18)/t12-/m1/s1. The van der Waals surface area contributed by atoms with Crippen LogP contribution in [0.2, 0.25) is 0 Å². The van der Waals surface area contributed by atoms with Gasteiger partial charge in [-0.1, -0.05) is 0 Å². The van der Waals surface area contributed by atoms with Crippen molar-refractivity contribution < 1.29 is 17.6 Å². The molecule has 1 amide bonds. The van der Waals surface area contributed by atoms with E-state index in [9.17, 15) is 13.2 Å². The lowest BCUT2D eigenvalue weighted by molar-refractivity contribution is -0.121. The molecule has 1 atom stereocenters. The molecule has 0 saturated carbocycles. The number of rotatable bonds is 7. The highest BCUT2D eigenvalue weighted by Gasteiger charge is 2.26. The zero-order valence-electron chi connectivity index (χ0n) is 13.0. The number of nitrogens with one attached hydrogen (secondary N) is 1. The largest absolute Gasteiger partial charge is 0.468 e. The van der Waals surface area contributed by atoms with Gasteiger partial charge in [0.1, 0.15) is 5.76 Å². The van der Waals surface area contributed by atoms with Gasteiger partial charge in [-0.3, -0.25) is 9.69 Å². The van der Waals surface area contributed by atoms with Gasteiger partial charge >= 0.3 is 0 Å². The maximum Gasteiger partial charge on any atom is 0.235 e. The predicted molar refractivity (Wildman–Crippen MR) is 82.7 cm³/mol. The van der Waals surface area contributed by atoms with Crippen molar-refractivity contribution in [2.75, 3.05) is 39.5 Å². The molecule has 2 heterocycles. The summed E-state index contributed by atoms with van der Waals surface area (Å²) in [7, 11) is -1.96. The van der Waals surface area contributed by atoms with Gasteiger partial charge in [-0.25, -0.2) is 8.42 Å². The van der Waals surface area contributed by atoms with E-state index in [0.717, 1.165) is 42.3 Å². The maximum absolute atomic E-state index is 11.9. The highest BCUT2D eigenvalue weighted by atomic mass is 32.2. The Kier molecular flexibility index (Phi) is 5.60. The Hall–Kier alpha value is -1.38. The second kappa shape index (κ2) is 7.26. The average molecular weight is 329 g/mol. The molecule has 1 fully saturated rings. The van der Waals surface area contributed by atoms with Crippen LogP contribution in [0.25, 0.3) is 0 Å². The lowest BCUT2D eigenvalue weighted by Gasteiger charge is -2.26. The van der Waals surface area contributed by atoms with Gasteiger partial charge in [0.2, 0.25) is 15.9 Å². The second-order valence-electron chi connectivity index (χ2n) is 5.60. The Morgan fingerprint density at radius 2 is 2.14 bits per heavy atom. The fraction of sp³-hybridized carbons (Fsp3) is 0.643. The highest BCUT2D eigenvalue weighted by molar-refractivity contribution is 7.88. The molecular weight excluding hydrogens is 306 g/mol. The lowest BCUT2D eigenvalue weighted by Crippen LogP contribution is -2.41. The molecule has 0 radical (unpaired) electrons. The van der Waals surface area contributed by atoms with Crippen LogP contribution in [-0.4, -0.2) is 63.0 Å². The summed E-state index contributed by atoms with van der Waals surface area (Å²) in [5.74, 6) is 0.502. The molecule has 1 N–H and O–H groups in total. The van der Waals surface area contributed by atoms with Crippen molar-refractivity contribution in [3.05, 3.63) is 24.2 Å². The smallest absolute Gasteiger partial charge is 0.235 e. The molecule has 1 saturated heterocycles. The van der Waals surface area contributed by atoms with Crippen molar-refractivity contribution in [2.45, 2.75) is 18.9 Å². The zero-order valence-corrected chi connectivity index (χ0v) is 13.8. The van der Waals surface area contributed by atoms with Crippen LogP contribution in [0, 0.1) is 0 Å². The monoisotopic (exact) mass is 329 g/mol.